The molecule has 0 aliphatic carbocycles. The van der Waals surface area contributed by atoms with Gasteiger partial charge in [0.1, 0.15) is 10.8 Å². The van der Waals surface area contributed by atoms with Gasteiger partial charge in [-0.05, 0) is 42.0 Å². The number of hydrazone groups is 1. The van der Waals surface area contributed by atoms with Crippen LogP contribution in [0, 0.1) is 5.41 Å². The van der Waals surface area contributed by atoms with E-state index in [2.05, 4.69) is 10.1 Å². The molecule has 3 rings (SSSR count). The van der Waals surface area contributed by atoms with E-state index in [1.54, 1.807) is 25.3 Å². The highest BCUT2D eigenvalue weighted by atomic mass is 32.2. The van der Waals surface area contributed by atoms with Crippen LogP contribution < -0.4 is 4.74 Å². The number of carbonyl (C=O) groups excluding carboxylic acids is 1. The minimum Gasteiger partial charge on any atom is -0.497 e. The Kier molecular flexibility index (Phi) is 3.81. The number of ether oxygens (including phenoxy) is 1. The molecule has 0 radical (unpaired) electrons. The molecule has 2 aliphatic rings. The maximum Gasteiger partial charge on any atom is 0.283 e. The molecule has 7 heteroatoms. The number of rotatable bonds is 3. The van der Waals surface area contributed by atoms with E-state index in [4.69, 9.17) is 10.1 Å². The number of fused-ring (bicyclic) bond motifs is 1. The number of carbonyl (C=O) groups is 1. The van der Waals surface area contributed by atoms with Gasteiger partial charge in [-0.15, -0.1) is 0 Å². The van der Waals surface area contributed by atoms with E-state index in [1.807, 2.05) is 19.1 Å². The van der Waals surface area contributed by atoms with E-state index in [0.717, 1.165) is 22.8 Å². The van der Waals surface area contributed by atoms with Crippen molar-refractivity contribution in [2.45, 2.75) is 13.3 Å². The molecule has 1 aromatic carbocycles. The van der Waals surface area contributed by atoms with Crippen molar-refractivity contribution < 1.29 is 9.53 Å². The van der Waals surface area contributed by atoms with Crippen molar-refractivity contribution in [3.63, 3.8) is 0 Å². The molecule has 0 spiro atoms. The predicted octanol–water partition coefficient (Wildman–Crippen LogP) is 2.72. The van der Waals surface area contributed by atoms with Crippen LogP contribution >= 0.6 is 11.8 Å². The molecule has 0 saturated carbocycles. The smallest absolute Gasteiger partial charge is 0.283 e. The lowest BCUT2D eigenvalue weighted by atomic mass is 10.1. The Morgan fingerprint density at radius 1 is 1.36 bits per heavy atom. The van der Waals surface area contributed by atoms with Gasteiger partial charge in [-0.25, -0.2) is 0 Å². The summed E-state index contributed by atoms with van der Waals surface area (Å²) in [7, 11) is 1.60. The summed E-state index contributed by atoms with van der Waals surface area (Å²) in [5.74, 6) is 0.384. The van der Waals surface area contributed by atoms with Crippen molar-refractivity contribution in [3.05, 3.63) is 35.4 Å². The molecular formula is C15H14N4O2S. The summed E-state index contributed by atoms with van der Waals surface area (Å²) in [5, 5.41) is 15.2. The first-order chi connectivity index (χ1) is 10.6. The second-order valence-electron chi connectivity index (χ2n) is 4.64. The third kappa shape index (κ3) is 2.55. The molecule has 0 atom stereocenters. The van der Waals surface area contributed by atoms with Gasteiger partial charge in [0.25, 0.3) is 5.91 Å². The van der Waals surface area contributed by atoms with Gasteiger partial charge in [-0.2, -0.15) is 15.1 Å². The molecule has 1 aromatic rings. The standard InChI is InChI=1S/C15H14N4O2S/c1-3-12-18-19-13(16)11(14(20)17-15(19)22-12)8-9-4-6-10(21-2)7-5-9/h4-8,16H,3H2,1-2H3/b11-8+,16-13?. The third-order valence-corrected chi connectivity index (χ3v) is 4.28. The van der Waals surface area contributed by atoms with Crippen LogP contribution in [0.3, 0.4) is 0 Å². The summed E-state index contributed by atoms with van der Waals surface area (Å²) < 4.78 is 5.10. The number of hydrogen-bond acceptors (Lipinski definition) is 5. The van der Waals surface area contributed by atoms with Crippen LogP contribution in [0.2, 0.25) is 0 Å². The summed E-state index contributed by atoms with van der Waals surface area (Å²) in [5.41, 5.74) is 1.04. The number of amidine groups is 2. The van der Waals surface area contributed by atoms with Crippen LogP contribution in [0.25, 0.3) is 6.08 Å². The zero-order chi connectivity index (χ0) is 15.7. The van der Waals surface area contributed by atoms with Crippen molar-refractivity contribution in [3.8, 4) is 5.75 Å². The normalized spacial score (nSPS) is 19.2. The fourth-order valence-corrected chi connectivity index (χ4v) is 2.87. The molecule has 22 heavy (non-hydrogen) atoms. The molecule has 6 nitrogen and oxygen atoms in total. The zero-order valence-corrected chi connectivity index (χ0v) is 13.0. The Morgan fingerprint density at radius 2 is 2.09 bits per heavy atom. The molecule has 1 N–H and O–H groups in total. The number of hydrogen-bond donors (Lipinski definition) is 1. The van der Waals surface area contributed by atoms with Crippen LogP contribution in [0.5, 0.6) is 5.75 Å². The van der Waals surface area contributed by atoms with Crippen LogP contribution in [-0.4, -0.2) is 34.1 Å². The van der Waals surface area contributed by atoms with Gasteiger partial charge >= 0.3 is 0 Å². The van der Waals surface area contributed by atoms with Crippen LogP contribution in [0.1, 0.15) is 18.9 Å². The van der Waals surface area contributed by atoms with Gasteiger partial charge < -0.3 is 4.74 Å². The Labute approximate surface area is 132 Å². The lowest BCUT2D eigenvalue weighted by Gasteiger charge is -2.20. The summed E-state index contributed by atoms with van der Waals surface area (Å²) in [6, 6.07) is 7.25. The average Bonchev–Trinajstić information content (AvgIpc) is 2.95. The van der Waals surface area contributed by atoms with Crippen LogP contribution in [0.15, 0.2) is 39.9 Å². The van der Waals surface area contributed by atoms with Crippen molar-refractivity contribution >= 4 is 39.8 Å². The SMILES string of the molecule is CCC1=NN2C(=N)/C(=C\c3ccc(OC)cc3)C(=O)N=C2S1. The Bertz CT molecular complexity index is 734. The number of methoxy groups -OCH3 is 1. The number of aliphatic imine (C=N–C) groups is 1. The van der Waals surface area contributed by atoms with Crippen LogP contribution in [-0.2, 0) is 4.79 Å². The maximum atomic E-state index is 12.2. The van der Waals surface area contributed by atoms with Crippen molar-refractivity contribution in [2.75, 3.05) is 7.11 Å². The summed E-state index contributed by atoms with van der Waals surface area (Å²) in [4.78, 5) is 16.2. The van der Waals surface area contributed by atoms with Crippen molar-refractivity contribution in [1.82, 2.24) is 5.01 Å². The minimum absolute atomic E-state index is 0.0572. The number of nitrogens with zero attached hydrogens (tertiary/aromatic N) is 3. The van der Waals surface area contributed by atoms with Crippen molar-refractivity contribution in [2.24, 2.45) is 10.1 Å². The monoisotopic (exact) mass is 314 g/mol. The Morgan fingerprint density at radius 3 is 2.73 bits per heavy atom. The van der Waals surface area contributed by atoms with Gasteiger partial charge in [0.05, 0.1) is 12.7 Å². The van der Waals surface area contributed by atoms with Crippen molar-refractivity contribution in [1.29, 1.82) is 5.41 Å². The topological polar surface area (TPSA) is 78.1 Å². The highest BCUT2D eigenvalue weighted by Crippen LogP contribution is 2.29. The Hall–Kier alpha value is -2.41. The largest absolute Gasteiger partial charge is 0.497 e. The van der Waals surface area contributed by atoms with E-state index in [9.17, 15) is 4.79 Å². The average molecular weight is 314 g/mol. The van der Waals surface area contributed by atoms with Gasteiger partial charge in [-0.1, -0.05) is 19.1 Å². The molecule has 2 heterocycles. The fourth-order valence-electron chi connectivity index (χ4n) is 2.04. The quantitative estimate of drug-likeness (QED) is 0.870. The predicted molar refractivity (Wildman–Crippen MR) is 88.3 cm³/mol. The molecule has 0 fully saturated rings. The highest BCUT2D eigenvalue weighted by molar-refractivity contribution is 8.26. The molecule has 0 saturated heterocycles. The van der Waals surface area contributed by atoms with E-state index in [-0.39, 0.29) is 11.4 Å². The number of thioether (sulfide) groups is 1. The van der Waals surface area contributed by atoms with Gasteiger partial charge in [-0.3, -0.25) is 10.2 Å². The second kappa shape index (κ2) is 5.76. The molecule has 2 aliphatic heterocycles. The number of benzene rings is 1. The lowest BCUT2D eigenvalue weighted by molar-refractivity contribution is -0.114. The number of amides is 1. The molecule has 0 aromatic heterocycles. The highest BCUT2D eigenvalue weighted by Gasteiger charge is 2.34. The molecule has 0 unspecified atom stereocenters. The van der Waals surface area contributed by atoms with E-state index in [1.165, 1.54) is 16.8 Å². The maximum absolute atomic E-state index is 12.2. The summed E-state index contributed by atoms with van der Waals surface area (Å²) >= 11 is 1.34. The van der Waals surface area contributed by atoms with E-state index in [0.29, 0.717) is 5.17 Å². The summed E-state index contributed by atoms with van der Waals surface area (Å²) in [6.07, 6.45) is 2.40. The molecule has 112 valence electrons. The fraction of sp³-hybridized carbons (Fsp3) is 0.200. The van der Waals surface area contributed by atoms with Gasteiger partial charge in [0.15, 0.2) is 5.84 Å². The van der Waals surface area contributed by atoms with E-state index >= 15 is 0 Å². The lowest BCUT2D eigenvalue weighted by Crippen LogP contribution is -2.35. The molecular weight excluding hydrogens is 300 g/mol. The van der Waals surface area contributed by atoms with Crippen LogP contribution in [0.4, 0.5) is 0 Å². The first-order valence-electron chi connectivity index (χ1n) is 6.75. The van der Waals surface area contributed by atoms with E-state index < -0.39 is 5.91 Å². The minimum atomic E-state index is -0.410. The molecule has 0 bridgehead atoms. The van der Waals surface area contributed by atoms with Gasteiger partial charge in [0, 0.05) is 0 Å². The third-order valence-electron chi connectivity index (χ3n) is 3.23. The Balaban J connectivity index is 1.94. The molecule has 1 amide bonds. The number of nitrogens with one attached hydrogen (secondary N) is 1. The first kappa shape index (κ1) is 14.5. The first-order valence-corrected chi connectivity index (χ1v) is 7.57. The summed E-state index contributed by atoms with van der Waals surface area (Å²) in [6.45, 7) is 1.98. The zero-order valence-electron chi connectivity index (χ0n) is 12.2. The van der Waals surface area contributed by atoms with Gasteiger partial charge in [0.2, 0.25) is 5.17 Å². The second-order valence-corrected chi connectivity index (χ2v) is 5.68.